The molecule has 0 aliphatic rings. The average molecular weight is 271 g/mol. The second kappa shape index (κ2) is 4.69. The van der Waals surface area contributed by atoms with Crippen LogP contribution in [0.2, 0.25) is 0 Å². The molecule has 1 amide bonds. The first-order valence-corrected chi connectivity index (χ1v) is 5.99. The van der Waals surface area contributed by atoms with E-state index >= 15 is 0 Å². The van der Waals surface area contributed by atoms with E-state index in [1.54, 1.807) is 18.0 Å². The van der Waals surface area contributed by atoms with Crippen LogP contribution in [0.5, 0.6) is 5.75 Å². The summed E-state index contributed by atoms with van der Waals surface area (Å²) in [6, 6.07) is 3.78. The van der Waals surface area contributed by atoms with Gasteiger partial charge in [0, 0.05) is 24.4 Å². The van der Waals surface area contributed by atoms with E-state index in [1.165, 1.54) is 0 Å². The van der Waals surface area contributed by atoms with Crippen molar-refractivity contribution < 1.29 is 9.53 Å². The van der Waals surface area contributed by atoms with E-state index in [4.69, 9.17) is 4.74 Å². The summed E-state index contributed by atoms with van der Waals surface area (Å²) in [6.45, 7) is 0. The molecule has 102 valence electrons. The number of aromatic amines is 1. The van der Waals surface area contributed by atoms with E-state index in [2.05, 4.69) is 20.4 Å². The SMILES string of the molecule is COc1ccc(-c2cnn(C)c2)c2nc(NC=O)[nH]c12. The lowest BCUT2D eigenvalue weighted by Crippen LogP contribution is -1.94. The van der Waals surface area contributed by atoms with Gasteiger partial charge >= 0.3 is 0 Å². The fourth-order valence-electron chi connectivity index (χ4n) is 2.16. The van der Waals surface area contributed by atoms with E-state index in [0.29, 0.717) is 18.1 Å². The first-order chi connectivity index (χ1) is 9.72. The number of nitrogens with one attached hydrogen (secondary N) is 2. The van der Waals surface area contributed by atoms with Crippen LogP contribution in [0.25, 0.3) is 22.2 Å². The molecule has 0 saturated heterocycles. The Kier molecular flexibility index (Phi) is 2.86. The summed E-state index contributed by atoms with van der Waals surface area (Å²) in [4.78, 5) is 18.0. The number of aromatic nitrogens is 4. The van der Waals surface area contributed by atoms with Gasteiger partial charge in [-0.15, -0.1) is 0 Å². The van der Waals surface area contributed by atoms with Gasteiger partial charge in [0.05, 0.1) is 13.3 Å². The third kappa shape index (κ3) is 1.89. The van der Waals surface area contributed by atoms with Gasteiger partial charge in [-0.1, -0.05) is 0 Å². The monoisotopic (exact) mass is 271 g/mol. The van der Waals surface area contributed by atoms with E-state index in [1.807, 2.05) is 25.4 Å². The highest BCUT2D eigenvalue weighted by molar-refractivity contribution is 5.97. The van der Waals surface area contributed by atoms with Crippen molar-refractivity contribution in [1.29, 1.82) is 0 Å². The summed E-state index contributed by atoms with van der Waals surface area (Å²) in [5.74, 6) is 1.05. The standard InChI is InChI=1S/C13H13N5O2/c1-18-6-8(5-15-18)9-3-4-10(20-2)12-11(9)16-13(17-12)14-7-19/h3-7H,1-2H3,(H2,14,16,17,19). The van der Waals surface area contributed by atoms with Gasteiger partial charge in [-0.25, -0.2) is 4.98 Å². The Morgan fingerprint density at radius 2 is 2.30 bits per heavy atom. The number of hydrogen-bond donors (Lipinski definition) is 2. The Labute approximate surface area is 114 Å². The molecule has 2 heterocycles. The summed E-state index contributed by atoms with van der Waals surface area (Å²) in [5, 5.41) is 6.67. The van der Waals surface area contributed by atoms with Crippen molar-refractivity contribution in [2.24, 2.45) is 7.05 Å². The third-order valence-corrected chi connectivity index (χ3v) is 3.04. The van der Waals surface area contributed by atoms with E-state index < -0.39 is 0 Å². The zero-order valence-corrected chi connectivity index (χ0v) is 11.0. The van der Waals surface area contributed by atoms with Crippen LogP contribution in [-0.4, -0.2) is 33.3 Å². The highest BCUT2D eigenvalue weighted by atomic mass is 16.5. The summed E-state index contributed by atoms with van der Waals surface area (Å²) >= 11 is 0. The molecule has 0 atom stereocenters. The number of rotatable bonds is 4. The van der Waals surface area contributed by atoms with Crippen molar-refractivity contribution in [2.75, 3.05) is 12.4 Å². The molecule has 2 N–H and O–H groups in total. The average Bonchev–Trinajstić information content (AvgIpc) is 3.04. The van der Waals surface area contributed by atoms with E-state index in [9.17, 15) is 4.79 Å². The lowest BCUT2D eigenvalue weighted by Gasteiger charge is -2.04. The maximum Gasteiger partial charge on any atom is 0.213 e. The number of benzene rings is 1. The molecule has 1 aromatic carbocycles. The molecule has 3 aromatic rings. The summed E-state index contributed by atoms with van der Waals surface area (Å²) in [7, 11) is 3.44. The molecule has 0 unspecified atom stereocenters. The Balaban J connectivity index is 2.24. The number of amides is 1. The molecule has 0 bridgehead atoms. The van der Waals surface area contributed by atoms with Gasteiger partial charge in [-0.2, -0.15) is 5.10 Å². The fraction of sp³-hybridized carbons (Fsp3) is 0.154. The van der Waals surface area contributed by atoms with Crippen LogP contribution in [0.1, 0.15) is 0 Å². The highest BCUT2D eigenvalue weighted by Crippen LogP contribution is 2.33. The van der Waals surface area contributed by atoms with E-state index in [0.717, 1.165) is 22.2 Å². The first kappa shape index (κ1) is 12.2. The minimum absolute atomic E-state index is 0.379. The predicted octanol–water partition coefficient (Wildman–Crippen LogP) is 1.54. The number of hydrogen-bond acceptors (Lipinski definition) is 4. The number of ether oxygens (including phenoxy) is 1. The van der Waals surface area contributed by atoms with Gasteiger partial charge < -0.3 is 9.72 Å². The molecule has 3 rings (SSSR count). The summed E-state index contributed by atoms with van der Waals surface area (Å²) in [5.41, 5.74) is 3.33. The number of anilines is 1. The number of imidazole rings is 1. The van der Waals surface area contributed by atoms with Crippen LogP contribution in [-0.2, 0) is 11.8 Å². The normalized spacial score (nSPS) is 10.7. The third-order valence-electron chi connectivity index (χ3n) is 3.04. The first-order valence-electron chi connectivity index (χ1n) is 5.99. The molecule has 7 heteroatoms. The van der Waals surface area contributed by atoms with Crippen molar-refractivity contribution in [3.8, 4) is 16.9 Å². The molecule has 0 aliphatic heterocycles. The van der Waals surface area contributed by atoms with Gasteiger partial charge in [0.25, 0.3) is 0 Å². The number of methoxy groups -OCH3 is 1. The van der Waals surface area contributed by atoms with Crippen LogP contribution < -0.4 is 10.1 Å². The lowest BCUT2D eigenvalue weighted by atomic mass is 10.1. The van der Waals surface area contributed by atoms with Crippen LogP contribution in [0.3, 0.4) is 0 Å². The Morgan fingerprint density at radius 3 is 2.95 bits per heavy atom. The van der Waals surface area contributed by atoms with Gasteiger partial charge in [0.15, 0.2) is 0 Å². The smallest absolute Gasteiger partial charge is 0.213 e. The Morgan fingerprint density at radius 1 is 1.45 bits per heavy atom. The van der Waals surface area contributed by atoms with E-state index in [-0.39, 0.29) is 0 Å². The second-order valence-corrected chi connectivity index (χ2v) is 4.29. The number of carbonyl (C=O) groups is 1. The van der Waals surface area contributed by atoms with Gasteiger partial charge in [-0.3, -0.25) is 14.8 Å². The molecule has 2 aromatic heterocycles. The van der Waals surface area contributed by atoms with Crippen molar-refractivity contribution in [3.63, 3.8) is 0 Å². The number of carbonyl (C=O) groups excluding carboxylic acids is 1. The number of aryl methyl sites for hydroxylation is 1. The zero-order chi connectivity index (χ0) is 14.1. The highest BCUT2D eigenvalue weighted by Gasteiger charge is 2.14. The maximum atomic E-state index is 10.5. The molecule has 20 heavy (non-hydrogen) atoms. The molecule has 0 radical (unpaired) electrons. The van der Waals surface area contributed by atoms with Crippen molar-refractivity contribution in [2.45, 2.75) is 0 Å². The largest absolute Gasteiger partial charge is 0.494 e. The van der Waals surface area contributed by atoms with Gasteiger partial charge in [0.2, 0.25) is 12.4 Å². The van der Waals surface area contributed by atoms with Crippen LogP contribution in [0.15, 0.2) is 24.5 Å². The molecular weight excluding hydrogens is 258 g/mol. The molecule has 0 fully saturated rings. The zero-order valence-electron chi connectivity index (χ0n) is 11.0. The number of fused-ring (bicyclic) bond motifs is 1. The Bertz CT molecular complexity index is 774. The molecule has 7 nitrogen and oxygen atoms in total. The maximum absolute atomic E-state index is 10.5. The second-order valence-electron chi connectivity index (χ2n) is 4.29. The van der Waals surface area contributed by atoms with Crippen molar-refractivity contribution in [3.05, 3.63) is 24.5 Å². The van der Waals surface area contributed by atoms with Crippen molar-refractivity contribution in [1.82, 2.24) is 19.7 Å². The van der Waals surface area contributed by atoms with Crippen molar-refractivity contribution >= 4 is 23.4 Å². The lowest BCUT2D eigenvalue weighted by molar-refractivity contribution is -0.105. The van der Waals surface area contributed by atoms with Crippen LogP contribution in [0.4, 0.5) is 5.95 Å². The van der Waals surface area contributed by atoms with Crippen LogP contribution in [0, 0.1) is 0 Å². The molecule has 0 spiro atoms. The molecular formula is C13H13N5O2. The fourth-order valence-corrected chi connectivity index (χ4v) is 2.16. The Hall–Kier alpha value is -2.83. The van der Waals surface area contributed by atoms with Crippen LogP contribution >= 0.6 is 0 Å². The summed E-state index contributed by atoms with van der Waals surface area (Å²) in [6.07, 6.45) is 4.25. The molecule has 0 saturated carbocycles. The number of nitrogens with zero attached hydrogens (tertiary/aromatic N) is 3. The predicted molar refractivity (Wildman–Crippen MR) is 74.5 cm³/mol. The van der Waals surface area contributed by atoms with Gasteiger partial charge in [-0.05, 0) is 12.1 Å². The molecule has 0 aliphatic carbocycles. The van der Waals surface area contributed by atoms with Gasteiger partial charge in [0.1, 0.15) is 16.8 Å². The quantitative estimate of drug-likeness (QED) is 0.705. The number of H-pyrrole nitrogens is 1. The minimum atomic E-state index is 0.379. The minimum Gasteiger partial charge on any atom is -0.494 e. The topological polar surface area (TPSA) is 84.8 Å². The summed E-state index contributed by atoms with van der Waals surface area (Å²) < 4.78 is 7.03.